The normalized spacial score (nSPS) is 16.2. The number of carbonyl (C=O) groups excluding carboxylic acids is 3. The highest BCUT2D eigenvalue weighted by Crippen LogP contribution is 2.18. The summed E-state index contributed by atoms with van der Waals surface area (Å²) in [6, 6.07) is 13.3. The van der Waals surface area contributed by atoms with Crippen LogP contribution in [0.2, 0.25) is 0 Å². The fraction of sp³-hybridized carbons (Fsp3) is 0.167. The molecule has 23 heavy (non-hydrogen) atoms. The molecule has 116 valence electrons. The molecule has 5 heteroatoms. The molecule has 0 fully saturated rings. The van der Waals surface area contributed by atoms with Gasteiger partial charge in [0.2, 0.25) is 5.91 Å². The lowest BCUT2D eigenvalue weighted by Crippen LogP contribution is -2.48. The van der Waals surface area contributed by atoms with Crippen molar-refractivity contribution in [1.29, 1.82) is 0 Å². The first kappa shape index (κ1) is 15.0. The maximum absolute atomic E-state index is 12.3. The van der Waals surface area contributed by atoms with Crippen LogP contribution in [0.25, 0.3) is 0 Å². The minimum absolute atomic E-state index is 0.0287. The van der Waals surface area contributed by atoms with Gasteiger partial charge in [-0.1, -0.05) is 18.2 Å². The van der Waals surface area contributed by atoms with Crippen LogP contribution in [-0.2, 0) is 11.2 Å². The molecule has 1 aliphatic heterocycles. The molecule has 3 rings (SSSR count). The van der Waals surface area contributed by atoms with Crippen molar-refractivity contribution in [2.24, 2.45) is 0 Å². The Labute approximate surface area is 133 Å². The van der Waals surface area contributed by atoms with Crippen LogP contribution in [0.3, 0.4) is 0 Å². The number of rotatable bonds is 3. The molecule has 2 N–H and O–H groups in total. The number of amides is 2. The zero-order chi connectivity index (χ0) is 16.4. The van der Waals surface area contributed by atoms with E-state index in [0.29, 0.717) is 23.2 Å². The van der Waals surface area contributed by atoms with E-state index in [2.05, 4.69) is 10.6 Å². The van der Waals surface area contributed by atoms with E-state index in [0.717, 1.165) is 5.56 Å². The molecule has 0 spiro atoms. The lowest BCUT2D eigenvalue weighted by Gasteiger charge is -2.24. The van der Waals surface area contributed by atoms with Gasteiger partial charge in [-0.05, 0) is 42.8 Å². The predicted molar refractivity (Wildman–Crippen MR) is 86.5 cm³/mol. The zero-order valence-corrected chi connectivity index (χ0v) is 12.6. The maximum atomic E-state index is 12.3. The van der Waals surface area contributed by atoms with Gasteiger partial charge >= 0.3 is 0 Å². The molecule has 5 nitrogen and oxygen atoms in total. The van der Waals surface area contributed by atoms with Crippen LogP contribution in [0.15, 0.2) is 48.5 Å². The van der Waals surface area contributed by atoms with Gasteiger partial charge in [0.25, 0.3) is 5.91 Å². The number of hydrogen-bond acceptors (Lipinski definition) is 3. The average molecular weight is 308 g/mol. The van der Waals surface area contributed by atoms with E-state index in [1.165, 1.54) is 6.92 Å². The molecule has 0 saturated carbocycles. The Balaban J connectivity index is 1.72. The Kier molecular flexibility index (Phi) is 3.93. The van der Waals surface area contributed by atoms with Gasteiger partial charge in [-0.2, -0.15) is 0 Å². The fourth-order valence-corrected chi connectivity index (χ4v) is 2.60. The third-order valence-corrected chi connectivity index (χ3v) is 3.87. The van der Waals surface area contributed by atoms with E-state index in [9.17, 15) is 14.4 Å². The van der Waals surface area contributed by atoms with E-state index in [4.69, 9.17) is 0 Å². The molecule has 0 bridgehead atoms. The molecule has 1 aliphatic rings. The van der Waals surface area contributed by atoms with E-state index >= 15 is 0 Å². The van der Waals surface area contributed by atoms with E-state index < -0.39 is 6.04 Å². The standard InChI is InChI=1S/C18H16N2O3/c1-11(21)12-6-8-14(9-7-12)19-18(23)16-10-13-4-2-3-5-15(13)17(22)20-16/h2-9,16H,10H2,1H3,(H,19,23)(H,20,22). The maximum Gasteiger partial charge on any atom is 0.252 e. The van der Waals surface area contributed by atoms with Gasteiger partial charge in [-0.15, -0.1) is 0 Å². The lowest BCUT2D eigenvalue weighted by atomic mass is 9.95. The minimum Gasteiger partial charge on any atom is -0.340 e. The van der Waals surface area contributed by atoms with Crippen molar-refractivity contribution < 1.29 is 14.4 Å². The highest BCUT2D eigenvalue weighted by atomic mass is 16.2. The number of Topliss-reactive ketones (excluding diaryl/α,β-unsaturated/α-hetero) is 1. The quantitative estimate of drug-likeness (QED) is 0.853. The van der Waals surface area contributed by atoms with E-state index in [1.54, 1.807) is 36.4 Å². The van der Waals surface area contributed by atoms with Crippen molar-refractivity contribution in [1.82, 2.24) is 5.32 Å². The molecular formula is C18H16N2O3. The topological polar surface area (TPSA) is 75.3 Å². The average Bonchev–Trinajstić information content (AvgIpc) is 2.55. The van der Waals surface area contributed by atoms with Gasteiger partial charge in [0.05, 0.1) is 0 Å². The Morgan fingerprint density at radius 1 is 1.09 bits per heavy atom. The fourth-order valence-electron chi connectivity index (χ4n) is 2.60. The van der Waals surface area contributed by atoms with Crippen molar-refractivity contribution in [3.05, 3.63) is 65.2 Å². The number of ketones is 1. The first-order chi connectivity index (χ1) is 11.0. The van der Waals surface area contributed by atoms with Gasteiger partial charge in [0, 0.05) is 23.2 Å². The SMILES string of the molecule is CC(=O)c1ccc(NC(=O)C2Cc3ccccc3C(=O)N2)cc1. The molecule has 2 aromatic carbocycles. The molecule has 2 aromatic rings. The summed E-state index contributed by atoms with van der Waals surface area (Å²) < 4.78 is 0. The second-order valence-corrected chi connectivity index (χ2v) is 5.51. The van der Waals surface area contributed by atoms with Gasteiger partial charge < -0.3 is 10.6 Å². The van der Waals surface area contributed by atoms with E-state index in [1.807, 2.05) is 12.1 Å². The molecule has 0 saturated heterocycles. The van der Waals surface area contributed by atoms with Gasteiger partial charge in [-0.3, -0.25) is 14.4 Å². The molecule has 0 aliphatic carbocycles. The summed E-state index contributed by atoms with van der Waals surface area (Å²) in [6.07, 6.45) is 0.458. The highest BCUT2D eigenvalue weighted by Gasteiger charge is 2.28. The molecule has 2 amide bonds. The van der Waals surface area contributed by atoms with E-state index in [-0.39, 0.29) is 17.6 Å². The van der Waals surface area contributed by atoms with Gasteiger partial charge in [0.15, 0.2) is 5.78 Å². The Morgan fingerprint density at radius 2 is 1.78 bits per heavy atom. The zero-order valence-electron chi connectivity index (χ0n) is 12.6. The number of nitrogens with one attached hydrogen (secondary N) is 2. The van der Waals surface area contributed by atoms with Crippen molar-refractivity contribution in [2.75, 3.05) is 5.32 Å². The highest BCUT2D eigenvalue weighted by molar-refractivity contribution is 6.04. The van der Waals surface area contributed by atoms with Crippen LogP contribution in [0.4, 0.5) is 5.69 Å². The number of anilines is 1. The summed E-state index contributed by atoms with van der Waals surface area (Å²) in [5.41, 5.74) is 2.65. The second kappa shape index (κ2) is 6.04. The van der Waals surface area contributed by atoms with Crippen molar-refractivity contribution in [3.63, 3.8) is 0 Å². The third kappa shape index (κ3) is 3.13. The largest absolute Gasteiger partial charge is 0.340 e. The predicted octanol–water partition coefficient (Wildman–Crippen LogP) is 2.18. The minimum atomic E-state index is -0.607. The summed E-state index contributed by atoms with van der Waals surface area (Å²) in [4.78, 5) is 35.6. The van der Waals surface area contributed by atoms with Crippen LogP contribution in [0.5, 0.6) is 0 Å². The summed E-state index contributed by atoms with van der Waals surface area (Å²) >= 11 is 0. The van der Waals surface area contributed by atoms with Crippen LogP contribution < -0.4 is 10.6 Å². The number of fused-ring (bicyclic) bond motifs is 1. The number of carbonyl (C=O) groups is 3. The van der Waals surface area contributed by atoms with Crippen LogP contribution in [-0.4, -0.2) is 23.6 Å². The number of hydrogen-bond donors (Lipinski definition) is 2. The monoisotopic (exact) mass is 308 g/mol. The van der Waals surface area contributed by atoms with Gasteiger partial charge in [0.1, 0.15) is 6.04 Å². The third-order valence-electron chi connectivity index (χ3n) is 3.87. The summed E-state index contributed by atoms with van der Waals surface area (Å²) in [7, 11) is 0. The molecule has 1 unspecified atom stereocenters. The van der Waals surface area contributed by atoms with Gasteiger partial charge in [-0.25, -0.2) is 0 Å². The Morgan fingerprint density at radius 3 is 2.48 bits per heavy atom. The van der Waals surface area contributed by atoms with Crippen LogP contribution in [0.1, 0.15) is 33.2 Å². The molecule has 0 radical (unpaired) electrons. The summed E-state index contributed by atoms with van der Waals surface area (Å²) in [5, 5.41) is 5.48. The molecular weight excluding hydrogens is 292 g/mol. The lowest BCUT2D eigenvalue weighted by molar-refractivity contribution is -0.118. The summed E-state index contributed by atoms with van der Waals surface area (Å²) in [5.74, 6) is -0.540. The van der Waals surface area contributed by atoms with Crippen molar-refractivity contribution in [3.8, 4) is 0 Å². The van der Waals surface area contributed by atoms with Crippen molar-refractivity contribution in [2.45, 2.75) is 19.4 Å². The smallest absolute Gasteiger partial charge is 0.252 e. The Bertz CT molecular complexity index is 781. The summed E-state index contributed by atoms with van der Waals surface area (Å²) in [6.45, 7) is 1.49. The first-order valence-corrected chi connectivity index (χ1v) is 7.35. The van der Waals surface area contributed by atoms with Crippen LogP contribution >= 0.6 is 0 Å². The second-order valence-electron chi connectivity index (χ2n) is 5.51. The van der Waals surface area contributed by atoms with Crippen LogP contribution in [0, 0.1) is 0 Å². The molecule has 1 heterocycles. The first-order valence-electron chi connectivity index (χ1n) is 7.35. The van der Waals surface area contributed by atoms with Crippen molar-refractivity contribution >= 4 is 23.3 Å². The Hall–Kier alpha value is -2.95. The number of benzene rings is 2. The molecule has 0 aromatic heterocycles. The molecule has 1 atom stereocenters.